The third-order valence-electron chi connectivity index (χ3n) is 8.81. The molecule has 0 unspecified atom stereocenters. The van der Waals surface area contributed by atoms with Gasteiger partial charge in [-0.05, 0) is 46.5 Å². The Labute approximate surface area is 303 Å². The fraction of sp³-hybridized carbons (Fsp3) is 0.238. The number of hydrogen-bond acceptors (Lipinski definition) is 4. The van der Waals surface area contributed by atoms with E-state index in [0.29, 0.717) is 11.5 Å². The molecule has 0 saturated carbocycles. The van der Waals surface area contributed by atoms with Gasteiger partial charge in [-0.1, -0.05) is 95.6 Å². The molecule has 0 aliphatic rings. The van der Waals surface area contributed by atoms with Crippen molar-refractivity contribution in [1.82, 2.24) is 19.3 Å². The second-order valence-electron chi connectivity index (χ2n) is 13.1. The van der Waals surface area contributed by atoms with Gasteiger partial charge in [-0.3, -0.25) is 4.68 Å². The van der Waals surface area contributed by atoms with Gasteiger partial charge in [-0.25, -0.2) is 4.98 Å². The Kier molecular flexibility index (Phi) is 9.81. The number of methoxy groups -OCH3 is 1. The normalized spacial score (nSPS) is 11.6. The monoisotopic (exact) mass is 827 g/mol. The maximum atomic E-state index is 6.63. The van der Waals surface area contributed by atoms with Crippen LogP contribution < -0.4 is 9.47 Å². The van der Waals surface area contributed by atoms with Crippen molar-refractivity contribution in [2.24, 2.45) is 0 Å². The number of rotatable bonds is 9. The summed E-state index contributed by atoms with van der Waals surface area (Å²) >= 11 is 0. The predicted molar refractivity (Wildman–Crippen MR) is 194 cm³/mol. The van der Waals surface area contributed by atoms with E-state index in [1.165, 1.54) is 11.1 Å². The van der Waals surface area contributed by atoms with Crippen LogP contribution in [0.1, 0.15) is 76.2 Å². The zero-order valence-corrected chi connectivity index (χ0v) is 31.2. The van der Waals surface area contributed by atoms with Crippen LogP contribution in [0, 0.1) is 12.1 Å². The van der Waals surface area contributed by atoms with Gasteiger partial charge in [0.1, 0.15) is 11.6 Å². The van der Waals surface area contributed by atoms with Gasteiger partial charge in [0, 0.05) is 34.8 Å². The molecule has 0 atom stereocenters. The molecule has 7 rings (SSSR count). The van der Waals surface area contributed by atoms with Crippen LogP contribution in [0.25, 0.3) is 44.4 Å². The van der Waals surface area contributed by atoms with E-state index in [1.54, 1.807) is 13.3 Å². The van der Waals surface area contributed by atoms with E-state index in [-0.39, 0.29) is 38.8 Å². The van der Waals surface area contributed by atoms with Gasteiger partial charge in [0.15, 0.2) is 0 Å². The average Bonchev–Trinajstić information content (AvgIpc) is 3.66. The van der Waals surface area contributed by atoms with Gasteiger partial charge in [-0.15, -0.1) is 41.3 Å². The van der Waals surface area contributed by atoms with Gasteiger partial charge in [0.2, 0.25) is 0 Å². The molecule has 0 bridgehead atoms. The molecule has 7 aromatic rings. The number of fused-ring (bicyclic) bond motifs is 3. The molecule has 0 spiro atoms. The minimum Gasteiger partial charge on any atom is -0.509 e. The van der Waals surface area contributed by atoms with Gasteiger partial charge in [-0.2, -0.15) is 11.2 Å². The van der Waals surface area contributed by atoms with Gasteiger partial charge >= 0.3 is 21.1 Å². The van der Waals surface area contributed by atoms with Crippen molar-refractivity contribution in [3.8, 4) is 39.9 Å². The summed E-state index contributed by atoms with van der Waals surface area (Å²) in [5.41, 5.74) is 8.53. The molecule has 0 fully saturated rings. The van der Waals surface area contributed by atoms with Crippen LogP contribution >= 0.6 is 0 Å². The summed E-state index contributed by atoms with van der Waals surface area (Å²) < 4.78 is 16.4. The summed E-state index contributed by atoms with van der Waals surface area (Å²) in [6.07, 6.45) is 1.76. The summed E-state index contributed by atoms with van der Waals surface area (Å²) in [7, 11) is 1.67. The first-order valence-electron chi connectivity index (χ1n) is 16.6. The van der Waals surface area contributed by atoms with Crippen molar-refractivity contribution in [3.05, 3.63) is 126 Å². The Morgan fingerprint density at radius 2 is 1.47 bits per heavy atom. The van der Waals surface area contributed by atoms with Crippen LogP contribution in [0.2, 0.25) is 0 Å². The Morgan fingerprint density at radius 3 is 2.18 bits per heavy atom. The van der Waals surface area contributed by atoms with Crippen LogP contribution in [-0.4, -0.2) is 26.4 Å². The smallest absolute Gasteiger partial charge is 0.509 e. The zero-order chi connectivity index (χ0) is 33.5. The molecule has 0 aliphatic carbocycles. The number of pyridine rings is 1. The minimum absolute atomic E-state index is 0. The molecular formula is C42H40N4O2Pt. The van der Waals surface area contributed by atoms with E-state index in [2.05, 4.69) is 130 Å². The summed E-state index contributed by atoms with van der Waals surface area (Å²) in [6.45, 7) is 13.3. The fourth-order valence-electron chi connectivity index (χ4n) is 6.46. The molecular weight excluding hydrogens is 788 g/mol. The van der Waals surface area contributed by atoms with Crippen molar-refractivity contribution in [3.63, 3.8) is 0 Å². The van der Waals surface area contributed by atoms with Gasteiger partial charge in [0.25, 0.3) is 0 Å². The summed E-state index contributed by atoms with van der Waals surface area (Å²) in [5, 5.41) is 7.43. The second kappa shape index (κ2) is 14.1. The first-order valence-corrected chi connectivity index (χ1v) is 16.6. The number of hydrogen-bond donors (Lipinski definition) is 0. The molecule has 0 radical (unpaired) electrons. The van der Waals surface area contributed by atoms with E-state index in [1.807, 2.05) is 24.3 Å². The van der Waals surface area contributed by atoms with Crippen LogP contribution in [-0.2, 0) is 21.1 Å². The number of nitrogens with zero attached hydrogens (tertiary/aromatic N) is 4. The number of ether oxygens (including phenoxy) is 2. The zero-order valence-electron chi connectivity index (χ0n) is 28.9. The van der Waals surface area contributed by atoms with E-state index in [9.17, 15) is 0 Å². The minimum atomic E-state index is 0. The van der Waals surface area contributed by atoms with Crippen LogP contribution in [0.15, 0.2) is 97.2 Å². The molecule has 6 nitrogen and oxygen atoms in total. The van der Waals surface area contributed by atoms with E-state index < -0.39 is 0 Å². The SMILES string of the molecule is COc1ccnc(-n2c3[c-]c(Oc4[c-]c(-n5nc(C(C)C)c(-c6ccccc6)c5C(C)C)cc(C(C)C)c4)ccc3c3ccccc32)c1.[Pt+2]. The summed E-state index contributed by atoms with van der Waals surface area (Å²) in [4.78, 5) is 4.69. The van der Waals surface area contributed by atoms with Crippen molar-refractivity contribution in [2.45, 2.75) is 59.3 Å². The third kappa shape index (κ3) is 6.42. The van der Waals surface area contributed by atoms with Crippen molar-refractivity contribution >= 4 is 21.8 Å². The fourth-order valence-corrected chi connectivity index (χ4v) is 6.46. The van der Waals surface area contributed by atoms with Crippen molar-refractivity contribution in [2.75, 3.05) is 7.11 Å². The Hall–Kier alpha value is -4.67. The Morgan fingerprint density at radius 1 is 0.714 bits per heavy atom. The molecule has 0 N–H and O–H groups in total. The molecule has 0 aliphatic heterocycles. The van der Waals surface area contributed by atoms with E-state index >= 15 is 0 Å². The van der Waals surface area contributed by atoms with Crippen molar-refractivity contribution in [1.29, 1.82) is 0 Å². The predicted octanol–water partition coefficient (Wildman–Crippen LogP) is 10.8. The largest absolute Gasteiger partial charge is 2.00 e. The molecule has 3 aromatic heterocycles. The molecule has 0 saturated heterocycles. The number of para-hydroxylation sites is 1. The Balaban J connectivity index is 0.00000417. The molecule has 3 heterocycles. The first kappa shape index (κ1) is 34.2. The van der Waals surface area contributed by atoms with Gasteiger partial charge in [0.05, 0.1) is 18.5 Å². The van der Waals surface area contributed by atoms with Crippen LogP contribution in [0.3, 0.4) is 0 Å². The Bertz CT molecular complexity index is 2250. The maximum absolute atomic E-state index is 6.63. The number of aromatic nitrogens is 4. The first-order chi connectivity index (χ1) is 23.2. The molecule has 7 heteroatoms. The second-order valence-corrected chi connectivity index (χ2v) is 13.1. The third-order valence-corrected chi connectivity index (χ3v) is 8.81. The maximum Gasteiger partial charge on any atom is 2.00 e. The number of benzene rings is 4. The van der Waals surface area contributed by atoms with Crippen molar-refractivity contribution < 1.29 is 30.5 Å². The van der Waals surface area contributed by atoms with E-state index in [4.69, 9.17) is 19.6 Å². The summed E-state index contributed by atoms with van der Waals surface area (Å²) in [6, 6.07) is 38.2. The van der Waals surface area contributed by atoms with E-state index in [0.717, 1.165) is 56.0 Å². The molecule has 49 heavy (non-hydrogen) atoms. The molecule has 250 valence electrons. The van der Waals surface area contributed by atoms with Gasteiger partial charge < -0.3 is 14.0 Å². The average molecular weight is 828 g/mol. The standard InChI is InChI=1S/C42H40N4O2.Pt/c1-26(2)30-21-31(46-42(28(5)6)40(41(44-46)27(3)4)29-13-9-8-10-14-29)23-34(22-30)48-33-17-18-36-35-15-11-12-16-37(35)45(38(36)24-33)39-25-32(47-7)19-20-43-39;/h8-22,25-28H,1-7H3;/q-2;+2. The van der Waals surface area contributed by atoms with Crippen LogP contribution in [0.5, 0.6) is 17.2 Å². The molecule has 4 aromatic carbocycles. The molecule has 0 amide bonds. The summed E-state index contributed by atoms with van der Waals surface area (Å²) in [5.74, 6) is 3.44. The topological polar surface area (TPSA) is 54.1 Å². The quantitative estimate of drug-likeness (QED) is 0.136. The van der Waals surface area contributed by atoms with Crippen LogP contribution in [0.4, 0.5) is 0 Å².